The average molecular weight is 296 g/mol. The first-order valence-corrected chi connectivity index (χ1v) is 7.13. The lowest BCUT2D eigenvalue weighted by atomic mass is 10.0. The highest BCUT2D eigenvalue weighted by Gasteiger charge is 2.14. The molecule has 5 heteroatoms. The van der Waals surface area contributed by atoms with Crippen LogP contribution in [0.4, 0.5) is 4.39 Å². The molecule has 2 unspecified atom stereocenters. The van der Waals surface area contributed by atoms with Gasteiger partial charge in [0, 0.05) is 29.7 Å². The molecule has 0 bridgehead atoms. The summed E-state index contributed by atoms with van der Waals surface area (Å²) in [5.41, 5.74) is 7.80. The second-order valence-corrected chi connectivity index (χ2v) is 5.43. The monoisotopic (exact) mass is 295 g/mol. The number of rotatable bonds is 5. The first-order valence-electron chi connectivity index (χ1n) is 6.75. The van der Waals surface area contributed by atoms with Crippen molar-refractivity contribution in [3.63, 3.8) is 0 Å². The minimum absolute atomic E-state index is 0.289. The molecular weight excluding hydrogens is 277 g/mol. The molecule has 0 aliphatic heterocycles. The van der Waals surface area contributed by atoms with Gasteiger partial charge in [0.25, 0.3) is 0 Å². The normalized spacial score (nSPS) is 14.2. The molecule has 2 rings (SSSR count). The van der Waals surface area contributed by atoms with E-state index in [1.54, 1.807) is 6.07 Å². The van der Waals surface area contributed by atoms with Gasteiger partial charge in [-0.25, -0.2) is 4.39 Å². The van der Waals surface area contributed by atoms with E-state index in [-0.39, 0.29) is 11.9 Å². The van der Waals surface area contributed by atoms with Crippen molar-refractivity contribution in [3.05, 3.63) is 52.6 Å². The van der Waals surface area contributed by atoms with Gasteiger partial charge in [-0.05, 0) is 37.1 Å². The van der Waals surface area contributed by atoms with E-state index in [0.717, 1.165) is 17.7 Å². The van der Waals surface area contributed by atoms with Gasteiger partial charge in [0.2, 0.25) is 0 Å². The summed E-state index contributed by atoms with van der Waals surface area (Å²) >= 11 is 6.02. The largest absolute Gasteiger partial charge is 0.324 e. The van der Waals surface area contributed by atoms with Crippen molar-refractivity contribution >= 4 is 11.6 Å². The lowest BCUT2D eigenvalue weighted by Gasteiger charge is -2.13. The Bertz CT molecular complexity index is 582. The first kappa shape index (κ1) is 15.0. The van der Waals surface area contributed by atoms with E-state index in [1.165, 1.54) is 12.1 Å². The van der Waals surface area contributed by atoms with Crippen LogP contribution in [0.1, 0.15) is 43.6 Å². The third-order valence-corrected chi connectivity index (χ3v) is 3.82. The topological polar surface area (TPSA) is 43.8 Å². The quantitative estimate of drug-likeness (QED) is 0.909. The zero-order chi connectivity index (χ0) is 14.7. The molecule has 3 nitrogen and oxygen atoms in total. The van der Waals surface area contributed by atoms with Crippen LogP contribution in [0, 0.1) is 5.82 Å². The van der Waals surface area contributed by atoms with Crippen LogP contribution in [0.15, 0.2) is 30.5 Å². The number of aromatic nitrogens is 2. The van der Waals surface area contributed by atoms with Gasteiger partial charge in [-0.1, -0.05) is 24.6 Å². The van der Waals surface area contributed by atoms with E-state index in [4.69, 9.17) is 17.3 Å². The Hall–Kier alpha value is -1.39. The zero-order valence-corrected chi connectivity index (χ0v) is 12.4. The summed E-state index contributed by atoms with van der Waals surface area (Å²) in [7, 11) is 0. The predicted molar refractivity (Wildman–Crippen MR) is 79.3 cm³/mol. The molecule has 1 aromatic heterocycles. The minimum atomic E-state index is -0.355. The molecule has 0 aliphatic carbocycles. The average Bonchev–Trinajstić information content (AvgIpc) is 2.86. The number of benzene rings is 1. The molecule has 20 heavy (non-hydrogen) atoms. The van der Waals surface area contributed by atoms with E-state index in [0.29, 0.717) is 17.5 Å². The Morgan fingerprint density at radius 3 is 2.80 bits per heavy atom. The third kappa shape index (κ3) is 3.38. The lowest BCUT2D eigenvalue weighted by molar-refractivity contribution is 0.472. The number of hydrogen-bond donors (Lipinski definition) is 1. The van der Waals surface area contributed by atoms with Gasteiger partial charge in [-0.15, -0.1) is 0 Å². The Morgan fingerprint density at radius 1 is 1.40 bits per heavy atom. The SMILES string of the molecule is CCC(C)n1ccc(CC(N)c2ccc(F)cc2Cl)n1. The first-order chi connectivity index (χ1) is 9.51. The van der Waals surface area contributed by atoms with Gasteiger partial charge >= 0.3 is 0 Å². The fourth-order valence-electron chi connectivity index (χ4n) is 2.06. The Labute approximate surface area is 123 Å². The second-order valence-electron chi connectivity index (χ2n) is 5.02. The summed E-state index contributed by atoms with van der Waals surface area (Å²) in [6.45, 7) is 4.24. The molecule has 1 heterocycles. The zero-order valence-electron chi connectivity index (χ0n) is 11.7. The fraction of sp³-hybridized carbons (Fsp3) is 0.400. The molecule has 2 N–H and O–H groups in total. The standard InChI is InChI=1S/C15H19ClFN3/c1-3-10(2)20-7-6-12(19-20)9-15(18)13-5-4-11(17)8-14(13)16/h4-8,10,15H,3,9,18H2,1-2H3. The van der Waals surface area contributed by atoms with E-state index in [2.05, 4.69) is 18.9 Å². The van der Waals surface area contributed by atoms with Crippen LogP contribution in [0.3, 0.4) is 0 Å². The molecular formula is C15H19ClFN3. The van der Waals surface area contributed by atoms with Gasteiger partial charge in [0.15, 0.2) is 0 Å². The number of hydrogen-bond acceptors (Lipinski definition) is 2. The summed E-state index contributed by atoms with van der Waals surface area (Å²) in [6, 6.07) is 6.34. The number of nitrogens with two attached hydrogens (primary N) is 1. The maximum atomic E-state index is 13.0. The van der Waals surface area contributed by atoms with E-state index < -0.39 is 0 Å². The van der Waals surface area contributed by atoms with Crippen molar-refractivity contribution in [1.82, 2.24) is 9.78 Å². The summed E-state index contributed by atoms with van der Waals surface area (Å²) in [5, 5.41) is 4.87. The fourth-order valence-corrected chi connectivity index (χ4v) is 2.36. The highest BCUT2D eigenvalue weighted by atomic mass is 35.5. The van der Waals surface area contributed by atoms with Crippen LogP contribution >= 0.6 is 11.6 Å². The minimum Gasteiger partial charge on any atom is -0.324 e. The Balaban J connectivity index is 2.11. The van der Waals surface area contributed by atoms with Gasteiger partial charge in [0.05, 0.1) is 5.69 Å². The highest BCUT2D eigenvalue weighted by molar-refractivity contribution is 6.31. The molecule has 0 amide bonds. The van der Waals surface area contributed by atoms with Crippen molar-refractivity contribution in [2.75, 3.05) is 0 Å². The number of halogens is 2. The van der Waals surface area contributed by atoms with Crippen LogP contribution in [0.25, 0.3) is 0 Å². The molecule has 1 aromatic carbocycles. The van der Waals surface area contributed by atoms with Crippen LogP contribution in [0.2, 0.25) is 5.02 Å². The molecule has 0 saturated heterocycles. The molecule has 2 atom stereocenters. The summed E-state index contributed by atoms with van der Waals surface area (Å²) in [5.74, 6) is -0.355. The van der Waals surface area contributed by atoms with Crippen molar-refractivity contribution < 1.29 is 4.39 Å². The van der Waals surface area contributed by atoms with Gasteiger partial charge in [0.1, 0.15) is 5.82 Å². The van der Waals surface area contributed by atoms with Crippen molar-refractivity contribution in [3.8, 4) is 0 Å². The van der Waals surface area contributed by atoms with Crippen molar-refractivity contribution in [2.24, 2.45) is 5.73 Å². The van der Waals surface area contributed by atoms with Gasteiger partial charge < -0.3 is 5.73 Å². The lowest BCUT2D eigenvalue weighted by Crippen LogP contribution is -2.15. The summed E-state index contributed by atoms with van der Waals surface area (Å²) < 4.78 is 15.0. The highest BCUT2D eigenvalue weighted by Crippen LogP contribution is 2.24. The van der Waals surface area contributed by atoms with Crippen LogP contribution in [-0.2, 0) is 6.42 Å². The Kier molecular flexibility index (Phi) is 4.78. The maximum absolute atomic E-state index is 13.0. The second kappa shape index (κ2) is 6.37. The van der Waals surface area contributed by atoms with Crippen LogP contribution < -0.4 is 5.73 Å². The number of nitrogens with zero attached hydrogens (tertiary/aromatic N) is 2. The summed E-state index contributed by atoms with van der Waals surface area (Å²) in [6.07, 6.45) is 3.56. The van der Waals surface area contributed by atoms with Gasteiger partial charge in [-0.3, -0.25) is 4.68 Å². The van der Waals surface area contributed by atoms with Crippen molar-refractivity contribution in [2.45, 2.75) is 38.8 Å². The molecule has 0 radical (unpaired) electrons. The molecule has 0 aliphatic rings. The smallest absolute Gasteiger partial charge is 0.124 e. The van der Waals surface area contributed by atoms with Crippen LogP contribution in [0.5, 0.6) is 0 Å². The van der Waals surface area contributed by atoms with E-state index in [9.17, 15) is 4.39 Å². The van der Waals surface area contributed by atoms with Gasteiger partial charge in [-0.2, -0.15) is 5.10 Å². The molecule has 0 spiro atoms. The summed E-state index contributed by atoms with van der Waals surface area (Å²) in [4.78, 5) is 0. The maximum Gasteiger partial charge on any atom is 0.124 e. The molecule has 0 saturated carbocycles. The molecule has 0 fully saturated rings. The van der Waals surface area contributed by atoms with E-state index >= 15 is 0 Å². The van der Waals surface area contributed by atoms with Crippen molar-refractivity contribution in [1.29, 1.82) is 0 Å². The van der Waals surface area contributed by atoms with Crippen LogP contribution in [-0.4, -0.2) is 9.78 Å². The van der Waals surface area contributed by atoms with E-state index in [1.807, 2.05) is 16.9 Å². The molecule has 2 aromatic rings. The molecule has 108 valence electrons. The third-order valence-electron chi connectivity index (χ3n) is 3.50. The predicted octanol–water partition coefficient (Wildman–Crippen LogP) is 3.89. The Morgan fingerprint density at radius 2 is 2.15 bits per heavy atom.